The van der Waals surface area contributed by atoms with Gasteiger partial charge in [0.1, 0.15) is 0 Å². The Labute approximate surface area is 138 Å². The average molecular weight is 311 g/mol. The van der Waals surface area contributed by atoms with Crippen LogP contribution in [0.25, 0.3) is 5.57 Å². The monoisotopic (exact) mass is 311 g/mol. The van der Waals surface area contributed by atoms with E-state index in [1.54, 1.807) is 20.4 Å². The Bertz CT molecular complexity index is 647. The highest BCUT2D eigenvalue weighted by atomic mass is 16.5. The zero-order valence-electron chi connectivity index (χ0n) is 14.3. The minimum absolute atomic E-state index is 0.699. The zero-order valence-corrected chi connectivity index (χ0v) is 14.3. The summed E-state index contributed by atoms with van der Waals surface area (Å²) >= 11 is 0. The second-order valence-corrected chi connectivity index (χ2v) is 5.34. The lowest BCUT2D eigenvalue weighted by Gasteiger charge is -2.14. The van der Waals surface area contributed by atoms with E-state index >= 15 is 0 Å². The van der Waals surface area contributed by atoms with Crippen LogP contribution in [0.1, 0.15) is 36.1 Å². The summed E-state index contributed by atoms with van der Waals surface area (Å²) in [6.45, 7) is 4.36. The molecule has 2 N–H and O–H groups in total. The quantitative estimate of drug-likeness (QED) is 0.870. The molecule has 0 radical (unpaired) electrons. The van der Waals surface area contributed by atoms with Crippen LogP contribution in [0.5, 0.6) is 11.5 Å². The molecule has 122 valence electrons. The molecule has 3 nitrogen and oxygen atoms in total. The summed E-state index contributed by atoms with van der Waals surface area (Å²) in [5.41, 5.74) is 11.8. The first-order valence-corrected chi connectivity index (χ1v) is 7.94. The molecule has 2 aromatic carbocycles. The molecule has 0 unspecified atom stereocenters. The van der Waals surface area contributed by atoms with Crippen molar-refractivity contribution in [3.05, 3.63) is 64.9 Å². The van der Waals surface area contributed by atoms with E-state index in [9.17, 15) is 0 Å². The van der Waals surface area contributed by atoms with Crippen molar-refractivity contribution in [2.45, 2.75) is 26.7 Å². The lowest BCUT2D eigenvalue weighted by Crippen LogP contribution is -1.98. The summed E-state index contributed by atoms with van der Waals surface area (Å²) in [4.78, 5) is 0. The molecule has 0 bridgehead atoms. The number of rotatable bonds is 6. The summed E-state index contributed by atoms with van der Waals surface area (Å²) in [7, 11) is 3.27. The van der Waals surface area contributed by atoms with Gasteiger partial charge in [-0.05, 0) is 47.2 Å². The van der Waals surface area contributed by atoms with Gasteiger partial charge in [-0.15, -0.1) is 0 Å². The first-order chi connectivity index (χ1) is 11.2. The molecule has 0 aromatic heterocycles. The van der Waals surface area contributed by atoms with Crippen LogP contribution in [0.4, 0.5) is 0 Å². The molecule has 0 fully saturated rings. The molecule has 0 saturated heterocycles. The molecule has 0 amide bonds. The van der Waals surface area contributed by atoms with E-state index < -0.39 is 0 Å². The van der Waals surface area contributed by atoms with Crippen molar-refractivity contribution in [1.82, 2.24) is 0 Å². The highest BCUT2D eigenvalue weighted by Crippen LogP contribution is 2.33. The first kappa shape index (κ1) is 16.9. The smallest absolute Gasteiger partial charge is 0.161 e. The van der Waals surface area contributed by atoms with Crippen LogP contribution >= 0.6 is 0 Å². The van der Waals surface area contributed by atoms with Gasteiger partial charge in [-0.3, -0.25) is 0 Å². The predicted octanol–water partition coefficient (Wildman–Crippen LogP) is 4.18. The average Bonchev–Trinajstić information content (AvgIpc) is 2.61. The molecule has 0 aliphatic heterocycles. The van der Waals surface area contributed by atoms with Crippen molar-refractivity contribution in [1.29, 1.82) is 0 Å². The molecule has 0 spiro atoms. The molecular formula is C20H25NO2. The molecule has 0 aliphatic rings. The molecule has 0 heterocycles. The summed E-state index contributed by atoms with van der Waals surface area (Å²) in [6.07, 6.45) is 3.71. The number of ether oxygens (including phenoxy) is 2. The molecule has 0 aliphatic carbocycles. The second kappa shape index (κ2) is 7.73. The number of aryl methyl sites for hydroxylation is 2. The lowest BCUT2D eigenvalue weighted by molar-refractivity contribution is 0.355. The van der Waals surface area contributed by atoms with Gasteiger partial charge in [0.25, 0.3) is 0 Å². The fourth-order valence-electron chi connectivity index (χ4n) is 2.83. The van der Waals surface area contributed by atoms with Gasteiger partial charge >= 0.3 is 0 Å². The van der Waals surface area contributed by atoms with E-state index in [2.05, 4.69) is 32.0 Å². The molecule has 0 saturated carbocycles. The topological polar surface area (TPSA) is 44.5 Å². The van der Waals surface area contributed by atoms with Gasteiger partial charge in [0, 0.05) is 11.8 Å². The van der Waals surface area contributed by atoms with Crippen molar-refractivity contribution < 1.29 is 9.47 Å². The second-order valence-electron chi connectivity index (χ2n) is 5.34. The maximum atomic E-state index is 5.93. The number of nitrogens with two attached hydrogens (primary N) is 1. The van der Waals surface area contributed by atoms with Crippen LogP contribution in [0, 0.1) is 0 Å². The van der Waals surface area contributed by atoms with Crippen molar-refractivity contribution in [2.75, 3.05) is 14.2 Å². The largest absolute Gasteiger partial charge is 0.493 e. The van der Waals surface area contributed by atoms with Crippen molar-refractivity contribution >= 4 is 5.57 Å². The minimum Gasteiger partial charge on any atom is -0.493 e. The number of methoxy groups -OCH3 is 2. The van der Waals surface area contributed by atoms with Crippen LogP contribution in [0.15, 0.2) is 42.6 Å². The third-order valence-electron chi connectivity index (χ3n) is 4.14. The summed E-state index contributed by atoms with van der Waals surface area (Å²) < 4.78 is 10.7. The Morgan fingerprint density at radius 3 is 2.04 bits per heavy atom. The Kier molecular flexibility index (Phi) is 5.69. The van der Waals surface area contributed by atoms with Gasteiger partial charge in [0.2, 0.25) is 0 Å². The van der Waals surface area contributed by atoms with Gasteiger partial charge in [0.15, 0.2) is 11.5 Å². The molecule has 3 heteroatoms. The summed E-state index contributed by atoms with van der Waals surface area (Å²) in [5.74, 6) is 1.41. The van der Waals surface area contributed by atoms with Gasteiger partial charge in [-0.25, -0.2) is 0 Å². The zero-order chi connectivity index (χ0) is 16.8. The third kappa shape index (κ3) is 3.50. The maximum Gasteiger partial charge on any atom is 0.161 e. The standard InChI is InChI=1S/C20H25NO2/c1-5-14-7-8-16(11-15(14)6-2)18(13-21)17-9-10-19(22-3)20(12-17)23-4/h7-13H,5-6,21H2,1-4H3/b18-13-. The third-order valence-corrected chi connectivity index (χ3v) is 4.14. The molecule has 23 heavy (non-hydrogen) atoms. The van der Waals surface area contributed by atoms with E-state index in [0.717, 1.165) is 29.5 Å². The molecular weight excluding hydrogens is 286 g/mol. The summed E-state index contributed by atoms with van der Waals surface area (Å²) in [5, 5.41) is 0. The van der Waals surface area contributed by atoms with Gasteiger partial charge in [-0.2, -0.15) is 0 Å². The van der Waals surface area contributed by atoms with Crippen LogP contribution < -0.4 is 15.2 Å². The Morgan fingerprint density at radius 1 is 0.870 bits per heavy atom. The lowest BCUT2D eigenvalue weighted by atomic mass is 9.93. The minimum atomic E-state index is 0.699. The van der Waals surface area contributed by atoms with Crippen LogP contribution in [-0.4, -0.2) is 14.2 Å². The SMILES string of the molecule is CCc1ccc(/C(=C/N)c2ccc(OC)c(OC)c2)cc1CC. The van der Waals surface area contributed by atoms with Gasteiger partial charge in [-0.1, -0.05) is 38.1 Å². The molecule has 2 rings (SSSR count). The van der Waals surface area contributed by atoms with E-state index in [1.165, 1.54) is 11.1 Å². The highest BCUT2D eigenvalue weighted by molar-refractivity contribution is 5.81. The van der Waals surface area contributed by atoms with Crippen LogP contribution in [0.3, 0.4) is 0 Å². The number of hydrogen-bond acceptors (Lipinski definition) is 3. The number of hydrogen-bond donors (Lipinski definition) is 1. The Morgan fingerprint density at radius 2 is 1.48 bits per heavy atom. The van der Waals surface area contributed by atoms with E-state index in [4.69, 9.17) is 15.2 Å². The first-order valence-electron chi connectivity index (χ1n) is 7.94. The molecule has 0 atom stereocenters. The van der Waals surface area contributed by atoms with Crippen LogP contribution in [0.2, 0.25) is 0 Å². The summed E-state index contributed by atoms with van der Waals surface area (Å²) in [6, 6.07) is 12.4. The fourth-order valence-corrected chi connectivity index (χ4v) is 2.83. The predicted molar refractivity (Wildman–Crippen MR) is 96.0 cm³/mol. The Balaban J connectivity index is 2.48. The fraction of sp³-hybridized carbons (Fsp3) is 0.300. The number of benzene rings is 2. The van der Waals surface area contributed by atoms with Gasteiger partial charge in [0.05, 0.1) is 14.2 Å². The maximum absolute atomic E-state index is 5.93. The van der Waals surface area contributed by atoms with Crippen LogP contribution in [-0.2, 0) is 12.8 Å². The van der Waals surface area contributed by atoms with E-state index in [-0.39, 0.29) is 0 Å². The highest BCUT2D eigenvalue weighted by Gasteiger charge is 2.11. The van der Waals surface area contributed by atoms with Gasteiger partial charge < -0.3 is 15.2 Å². The van der Waals surface area contributed by atoms with Crippen molar-refractivity contribution in [2.24, 2.45) is 5.73 Å². The van der Waals surface area contributed by atoms with Crippen molar-refractivity contribution in [3.63, 3.8) is 0 Å². The van der Waals surface area contributed by atoms with E-state index in [1.807, 2.05) is 18.2 Å². The molecule has 2 aromatic rings. The normalized spacial score (nSPS) is 11.4. The van der Waals surface area contributed by atoms with Crippen molar-refractivity contribution in [3.8, 4) is 11.5 Å². The van der Waals surface area contributed by atoms with E-state index in [0.29, 0.717) is 11.5 Å². The Hall–Kier alpha value is -2.42.